The van der Waals surface area contributed by atoms with Crippen LogP contribution < -0.4 is 11.1 Å². The molecule has 13 heteroatoms. The van der Waals surface area contributed by atoms with Crippen LogP contribution in [0.5, 0.6) is 0 Å². The van der Waals surface area contributed by atoms with Crippen molar-refractivity contribution in [3.63, 3.8) is 0 Å². The van der Waals surface area contributed by atoms with Gasteiger partial charge in [-0.15, -0.1) is 0 Å². The lowest BCUT2D eigenvalue weighted by Crippen LogP contribution is -2.28. The number of rotatable bonds is 8. The summed E-state index contributed by atoms with van der Waals surface area (Å²) in [5.41, 5.74) is 8.68. The summed E-state index contributed by atoms with van der Waals surface area (Å²) in [5.74, 6) is -0.0284. The fourth-order valence-corrected chi connectivity index (χ4v) is 5.62. The van der Waals surface area contributed by atoms with Crippen LogP contribution in [0.2, 0.25) is 0 Å². The first-order chi connectivity index (χ1) is 19.9. The molecule has 3 aromatic heterocycles. The molecule has 0 bridgehead atoms. The van der Waals surface area contributed by atoms with E-state index in [1.165, 1.54) is 25.4 Å². The van der Waals surface area contributed by atoms with Crippen LogP contribution >= 0.6 is 11.3 Å². The molecule has 1 atom stereocenters. The van der Waals surface area contributed by atoms with Gasteiger partial charge in [-0.05, 0) is 38.4 Å². The molecule has 0 unspecified atom stereocenters. The van der Waals surface area contributed by atoms with Crippen LogP contribution in [0.3, 0.4) is 0 Å². The Labute approximate surface area is 240 Å². The van der Waals surface area contributed by atoms with Gasteiger partial charge >= 0.3 is 0 Å². The third-order valence-corrected chi connectivity index (χ3v) is 8.24. The van der Waals surface area contributed by atoms with E-state index in [1.54, 1.807) is 30.3 Å². The van der Waals surface area contributed by atoms with Gasteiger partial charge in [0.25, 0.3) is 5.91 Å². The minimum absolute atomic E-state index is 0.00187. The lowest BCUT2D eigenvalue weighted by molar-refractivity contribution is -0.125. The summed E-state index contributed by atoms with van der Waals surface area (Å²) in [4.78, 5) is 42.8. The maximum Gasteiger partial charge on any atom is 0.257 e. The minimum Gasteiger partial charge on any atom is -0.383 e. The van der Waals surface area contributed by atoms with Gasteiger partial charge < -0.3 is 10.6 Å². The number of nitriles is 1. The monoisotopic (exact) mass is 568 g/mol. The number of thiazole rings is 1. The van der Waals surface area contributed by atoms with Crippen molar-refractivity contribution in [2.75, 3.05) is 37.7 Å². The number of nitrogens with one attached hydrogen (secondary N) is 1. The Bertz CT molecular complexity index is 1680. The molecule has 1 aliphatic heterocycles. The van der Waals surface area contributed by atoms with Gasteiger partial charge in [0.1, 0.15) is 28.8 Å². The molecule has 1 saturated carbocycles. The van der Waals surface area contributed by atoms with Crippen molar-refractivity contribution in [3.8, 4) is 17.3 Å². The van der Waals surface area contributed by atoms with Gasteiger partial charge in [-0.25, -0.2) is 19.6 Å². The van der Waals surface area contributed by atoms with Gasteiger partial charge in [-0.1, -0.05) is 29.5 Å². The van der Waals surface area contributed by atoms with Crippen LogP contribution in [0.15, 0.2) is 48.9 Å². The highest BCUT2D eigenvalue weighted by Crippen LogP contribution is 2.34. The summed E-state index contributed by atoms with van der Waals surface area (Å²) in [6.45, 7) is 1.91. The molecule has 4 heterocycles. The van der Waals surface area contributed by atoms with Crippen LogP contribution in [-0.4, -0.2) is 79.1 Å². The van der Waals surface area contributed by atoms with Crippen molar-refractivity contribution in [1.29, 1.82) is 5.26 Å². The molecule has 0 spiro atoms. The SMILES string of the molecule is CN(CC=CC(=O)N1CC[C@@H](n2nc(-c3ccc(C(=O)Nc4ncc(C#N)s4)cc3)c3c(N)ncnc32)C1)C1CC1. The predicted octanol–water partition coefficient (Wildman–Crippen LogP) is 3.08. The third-order valence-electron chi connectivity index (χ3n) is 7.42. The topological polar surface area (TPSA) is 159 Å². The van der Waals surface area contributed by atoms with Crippen LogP contribution in [0, 0.1) is 11.3 Å². The fourth-order valence-electron chi connectivity index (χ4n) is 5.02. The maximum atomic E-state index is 12.8. The summed E-state index contributed by atoms with van der Waals surface area (Å²) in [5, 5.41) is 17.6. The molecule has 1 saturated heterocycles. The van der Waals surface area contributed by atoms with Crippen LogP contribution in [0.4, 0.5) is 10.9 Å². The number of aromatic nitrogens is 5. The number of likely N-dealkylation sites (N-methyl/N-ethyl adjacent to an activating group) is 1. The highest BCUT2D eigenvalue weighted by molar-refractivity contribution is 7.16. The Morgan fingerprint density at radius 2 is 2.02 bits per heavy atom. The Hall–Kier alpha value is -4.67. The number of nitrogens with two attached hydrogens (primary N) is 1. The van der Waals surface area contributed by atoms with E-state index in [4.69, 9.17) is 16.1 Å². The van der Waals surface area contributed by atoms with Gasteiger partial charge in [0.05, 0.1) is 17.6 Å². The molecule has 208 valence electrons. The zero-order valence-electron chi connectivity index (χ0n) is 22.4. The van der Waals surface area contributed by atoms with E-state index in [-0.39, 0.29) is 17.9 Å². The number of hydrogen-bond donors (Lipinski definition) is 2. The van der Waals surface area contributed by atoms with Crippen LogP contribution in [-0.2, 0) is 4.79 Å². The van der Waals surface area contributed by atoms with E-state index in [1.807, 2.05) is 21.7 Å². The molecule has 1 aliphatic carbocycles. The second-order valence-electron chi connectivity index (χ2n) is 10.2. The second-order valence-corrected chi connectivity index (χ2v) is 11.3. The Kier molecular flexibility index (Phi) is 7.17. The van der Waals surface area contributed by atoms with Crippen molar-refractivity contribution >= 4 is 45.1 Å². The highest BCUT2D eigenvalue weighted by Gasteiger charge is 2.30. The number of likely N-dealkylation sites (tertiary alicyclic amines) is 1. The molecule has 2 aliphatic rings. The number of carbonyl (C=O) groups is 2. The second kappa shape index (κ2) is 11.1. The Morgan fingerprint density at radius 1 is 1.22 bits per heavy atom. The lowest BCUT2D eigenvalue weighted by atomic mass is 10.1. The molecule has 41 heavy (non-hydrogen) atoms. The largest absolute Gasteiger partial charge is 0.383 e. The van der Waals surface area contributed by atoms with Gasteiger partial charge in [0, 0.05) is 42.9 Å². The highest BCUT2D eigenvalue weighted by atomic mass is 32.1. The first kappa shape index (κ1) is 26.5. The Morgan fingerprint density at radius 3 is 2.76 bits per heavy atom. The molecule has 4 aromatic rings. The van der Waals surface area contributed by atoms with E-state index in [0.29, 0.717) is 57.2 Å². The Balaban J connectivity index is 1.20. The number of anilines is 2. The summed E-state index contributed by atoms with van der Waals surface area (Å²) in [6, 6.07) is 9.57. The molecular formula is C28H28N10O2S. The molecule has 2 amide bonds. The van der Waals surface area contributed by atoms with Crippen molar-refractivity contribution in [3.05, 3.63) is 59.4 Å². The van der Waals surface area contributed by atoms with Crippen LogP contribution in [0.25, 0.3) is 22.3 Å². The summed E-state index contributed by atoms with van der Waals surface area (Å²) in [7, 11) is 2.09. The first-order valence-corrected chi connectivity index (χ1v) is 14.1. The number of nitrogen functional groups attached to an aromatic ring is 1. The van der Waals surface area contributed by atoms with Gasteiger partial charge in [-0.3, -0.25) is 19.8 Å². The summed E-state index contributed by atoms with van der Waals surface area (Å²) >= 11 is 1.11. The van der Waals surface area contributed by atoms with E-state index in [2.05, 4.69) is 32.2 Å². The molecule has 3 N–H and O–H groups in total. The quantitative estimate of drug-likeness (QED) is 0.305. The van der Waals surface area contributed by atoms with Crippen LogP contribution in [0.1, 0.15) is 40.5 Å². The minimum atomic E-state index is -0.336. The zero-order valence-corrected chi connectivity index (χ0v) is 23.2. The van der Waals surface area contributed by atoms with E-state index in [0.717, 1.165) is 29.9 Å². The fraction of sp³-hybridized carbons (Fsp3) is 0.321. The molecule has 6 rings (SSSR count). The average Bonchev–Trinajstić information content (AvgIpc) is 3.36. The van der Waals surface area contributed by atoms with Crippen molar-refractivity contribution in [2.24, 2.45) is 0 Å². The lowest BCUT2D eigenvalue weighted by Gasteiger charge is -2.16. The standard InChI is InChI=1S/C28H28N10O2S/c1-36(19-8-9-19)11-2-3-22(39)37-12-10-20(15-37)38-26-23(25(30)32-16-33-26)24(35-38)17-4-6-18(7-5-17)27(40)34-28-31-14-21(13-29)41-28/h2-7,14,16,19-20H,8-12,15H2,1H3,(H2,30,32,33)(H,31,34,40)/t20-/m1/s1. The summed E-state index contributed by atoms with van der Waals surface area (Å²) in [6.07, 6.45) is 9.65. The van der Waals surface area contributed by atoms with Gasteiger partial charge in [0.15, 0.2) is 10.8 Å². The van der Waals surface area contributed by atoms with Gasteiger partial charge in [-0.2, -0.15) is 10.4 Å². The number of nitrogens with zero attached hydrogens (tertiary/aromatic N) is 8. The van der Waals surface area contributed by atoms with E-state index >= 15 is 0 Å². The third kappa shape index (κ3) is 5.52. The maximum absolute atomic E-state index is 12.8. The van der Waals surface area contributed by atoms with E-state index in [9.17, 15) is 9.59 Å². The van der Waals surface area contributed by atoms with E-state index < -0.39 is 0 Å². The van der Waals surface area contributed by atoms with Crippen molar-refractivity contribution in [2.45, 2.75) is 31.3 Å². The van der Waals surface area contributed by atoms with Crippen molar-refractivity contribution in [1.82, 2.24) is 34.5 Å². The smallest absolute Gasteiger partial charge is 0.257 e. The predicted molar refractivity (Wildman–Crippen MR) is 155 cm³/mol. The number of fused-ring (bicyclic) bond motifs is 1. The molecule has 1 aromatic carbocycles. The van der Waals surface area contributed by atoms with Gasteiger partial charge in [0.2, 0.25) is 5.91 Å². The summed E-state index contributed by atoms with van der Waals surface area (Å²) < 4.78 is 1.84. The average molecular weight is 569 g/mol. The first-order valence-electron chi connectivity index (χ1n) is 13.3. The number of amides is 2. The zero-order chi connectivity index (χ0) is 28.5. The number of hydrogen-bond acceptors (Lipinski definition) is 10. The molecule has 12 nitrogen and oxygen atoms in total. The molecular weight excluding hydrogens is 540 g/mol. The molecule has 2 fully saturated rings. The molecule has 0 radical (unpaired) electrons. The normalized spacial score (nSPS) is 17.0. The number of carbonyl (C=O) groups excluding carboxylic acids is 2. The number of benzene rings is 1. The van der Waals surface area contributed by atoms with Crippen molar-refractivity contribution < 1.29 is 9.59 Å².